The molecule has 1 rings (SSSR count). The number of hydrogen-bond donors (Lipinski definition) is 2. The number of unbranched alkanes of at least 4 members (excludes halogenated alkanes) is 1. The van der Waals surface area contributed by atoms with Gasteiger partial charge in [-0.25, -0.2) is 0 Å². The van der Waals surface area contributed by atoms with Crippen molar-refractivity contribution in [3.05, 3.63) is 29.6 Å². The van der Waals surface area contributed by atoms with Crippen molar-refractivity contribution in [3.63, 3.8) is 0 Å². The predicted molar refractivity (Wildman–Crippen MR) is 75.2 cm³/mol. The minimum Gasteiger partial charge on any atom is -0.361 e. The van der Waals surface area contributed by atoms with Gasteiger partial charge in [-0.15, -0.1) is 0 Å². The Hall–Kier alpha value is -0.971. The number of aryl methyl sites for hydroxylation is 1. The minimum absolute atomic E-state index is 0. The van der Waals surface area contributed by atoms with Gasteiger partial charge >= 0.3 is 17.1 Å². The SMILES string of the molecule is CCCCNC(=S)NN=Cc1cccc(C)n1.[Cu+2]. The van der Waals surface area contributed by atoms with Gasteiger partial charge in [0, 0.05) is 12.2 Å². The van der Waals surface area contributed by atoms with Gasteiger partial charge in [0.1, 0.15) is 0 Å². The Morgan fingerprint density at radius 1 is 1.50 bits per heavy atom. The molecule has 6 heteroatoms. The Labute approximate surface area is 124 Å². The summed E-state index contributed by atoms with van der Waals surface area (Å²) < 4.78 is 0. The number of hydrazone groups is 1. The largest absolute Gasteiger partial charge is 2.00 e. The summed E-state index contributed by atoms with van der Waals surface area (Å²) >= 11 is 5.05. The van der Waals surface area contributed by atoms with E-state index in [0.29, 0.717) is 5.11 Å². The normalized spacial score (nSPS) is 9.89. The first-order valence-corrected chi connectivity index (χ1v) is 6.13. The third-order valence-electron chi connectivity index (χ3n) is 2.09. The van der Waals surface area contributed by atoms with Crippen LogP contribution in [0.15, 0.2) is 23.3 Å². The monoisotopic (exact) mass is 313 g/mol. The molecule has 1 radical (unpaired) electrons. The zero-order valence-electron chi connectivity index (χ0n) is 10.5. The molecule has 4 nitrogen and oxygen atoms in total. The van der Waals surface area contributed by atoms with E-state index in [1.54, 1.807) is 6.21 Å². The molecule has 0 aliphatic heterocycles. The van der Waals surface area contributed by atoms with Crippen LogP contribution in [-0.4, -0.2) is 22.9 Å². The summed E-state index contributed by atoms with van der Waals surface area (Å²) in [6.45, 7) is 4.96. The molecule has 0 unspecified atom stereocenters. The second-order valence-electron chi connectivity index (χ2n) is 3.68. The third-order valence-corrected chi connectivity index (χ3v) is 2.32. The molecule has 1 heterocycles. The van der Waals surface area contributed by atoms with Gasteiger partial charge in [-0.3, -0.25) is 10.4 Å². The van der Waals surface area contributed by atoms with Crippen LogP contribution < -0.4 is 10.7 Å². The molecule has 0 spiro atoms. The number of nitrogens with one attached hydrogen (secondary N) is 2. The van der Waals surface area contributed by atoms with Crippen LogP contribution in [0.5, 0.6) is 0 Å². The summed E-state index contributed by atoms with van der Waals surface area (Å²) in [6, 6.07) is 5.79. The summed E-state index contributed by atoms with van der Waals surface area (Å²) in [6.07, 6.45) is 3.90. The molecule has 0 aliphatic rings. The van der Waals surface area contributed by atoms with E-state index in [9.17, 15) is 0 Å². The molecule has 0 aromatic carbocycles. The molecule has 0 saturated heterocycles. The average molecular weight is 314 g/mol. The Morgan fingerprint density at radius 2 is 2.28 bits per heavy atom. The third kappa shape index (κ3) is 7.37. The van der Waals surface area contributed by atoms with Crippen LogP contribution in [0.2, 0.25) is 0 Å². The molecular formula is C12H18CuN4S+2. The van der Waals surface area contributed by atoms with E-state index in [4.69, 9.17) is 12.2 Å². The van der Waals surface area contributed by atoms with Crippen LogP contribution in [0.4, 0.5) is 0 Å². The van der Waals surface area contributed by atoms with Crippen molar-refractivity contribution in [1.82, 2.24) is 15.7 Å². The first-order chi connectivity index (χ1) is 8.22. The van der Waals surface area contributed by atoms with Gasteiger partial charge in [-0.05, 0) is 37.7 Å². The molecule has 0 amide bonds. The maximum absolute atomic E-state index is 5.05. The van der Waals surface area contributed by atoms with Crippen LogP contribution >= 0.6 is 12.2 Å². The van der Waals surface area contributed by atoms with Crippen molar-refractivity contribution < 1.29 is 17.1 Å². The fourth-order valence-corrected chi connectivity index (χ4v) is 1.37. The molecule has 1 aromatic heterocycles. The van der Waals surface area contributed by atoms with Crippen molar-refractivity contribution in [2.45, 2.75) is 26.7 Å². The summed E-state index contributed by atoms with van der Waals surface area (Å²) in [5.74, 6) is 0. The van der Waals surface area contributed by atoms with E-state index in [2.05, 4.69) is 27.8 Å². The van der Waals surface area contributed by atoms with Crippen molar-refractivity contribution in [2.24, 2.45) is 5.10 Å². The molecule has 2 N–H and O–H groups in total. The second kappa shape index (κ2) is 10.00. The molecule has 0 saturated carbocycles. The van der Waals surface area contributed by atoms with Crippen molar-refractivity contribution in [1.29, 1.82) is 0 Å². The first-order valence-electron chi connectivity index (χ1n) is 5.73. The van der Waals surface area contributed by atoms with E-state index < -0.39 is 0 Å². The molecule has 0 fully saturated rings. The quantitative estimate of drug-likeness (QED) is 0.287. The molecule has 0 atom stereocenters. The molecule has 18 heavy (non-hydrogen) atoms. The minimum atomic E-state index is 0. The molecule has 1 aromatic rings. The number of thiocarbonyl (C=S) groups is 1. The Kier molecular flexibility index (Phi) is 9.46. The van der Waals surface area contributed by atoms with Crippen LogP contribution in [0, 0.1) is 6.92 Å². The van der Waals surface area contributed by atoms with Gasteiger partial charge in [0.25, 0.3) is 0 Å². The van der Waals surface area contributed by atoms with Gasteiger partial charge < -0.3 is 5.32 Å². The summed E-state index contributed by atoms with van der Waals surface area (Å²) in [7, 11) is 0. The number of nitrogens with zero attached hydrogens (tertiary/aromatic N) is 2. The Bertz CT molecular complexity index is 395. The number of aromatic nitrogens is 1. The Morgan fingerprint density at radius 3 is 2.94 bits per heavy atom. The predicted octanol–water partition coefficient (Wildman–Crippen LogP) is 1.99. The van der Waals surface area contributed by atoms with E-state index >= 15 is 0 Å². The Balaban J connectivity index is 0.00000289. The average Bonchev–Trinajstić information content (AvgIpc) is 2.29. The van der Waals surface area contributed by atoms with Gasteiger partial charge in [0.15, 0.2) is 5.11 Å². The van der Waals surface area contributed by atoms with Crippen LogP contribution in [0.1, 0.15) is 31.2 Å². The molecule has 0 aliphatic carbocycles. The van der Waals surface area contributed by atoms with E-state index in [-0.39, 0.29) is 17.1 Å². The van der Waals surface area contributed by atoms with Gasteiger partial charge in [-0.1, -0.05) is 19.4 Å². The van der Waals surface area contributed by atoms with Gasteiger partial charge in [0.2, 0.25) is 0 Å². The number of pyridine rings is 1. The fourth-order valence-electron chi connectivity index (χ4n) is 1.21. The maximum atomic E-state index is 5.05. The van der Waals surface area contributed by atoms with E-state index in [0.717, 1.165) is 30.8 Å². The summed E-state index contributed by atoms with van der Waals surface area (Å²) in [4.78, 5) is 4.29. The maximum Gasteiger partial charge on any atom is 2.00 e. The zero-order valence-corrected chi connectivity index (χ0v) is 12.3. The molecule has 0 bridgehead atoms. The smallest absolute Gasteiger partial charge is 0.361 e. The molecular weight excluding hydrogens is 296 g/mol. The number of rotatable bonds is 5. The summed E-state index contributed by atoms with van der Waals surface area (Å²) in [5.41, 5.74) is 4.54. The van der Waals surface area contributed by atoms with Gasteiger partial charge in [0.05, 0.1) is 11.9 Å². The standard InChI is InChI=1S/C12H18N4S.Cu/c1-3-4-8-13-12(17)16-14-9-11-7-5-6-10(2)15-11;/h5-7,9H,3-4,8H2,1-2H3,(H2,13,16,17);/q;+2. The second-order valence-corrected chi connectivity index (χ2v) is 4.09. The van der Waals surface area contributed by atoms with Crippen LogP contribution in [0.25, 0.3) is 0 Å². The van der Waals surface area contributed by atoms with Crippen LogP contribution in [-0.2, 0) is 17.1 Å². The topological polar surface area (TPSA) is 49.3 Å². The first kappa shape index (κ1) is 17.0. The van der Waals surface area contributed by atoms with E-state index in [1.807, 2.05) is 25.1 Å². The van der Waals surface area contributed by atoms with Crippen molar-refractivity contribution in [2.75, 3.05) is 6.54 Å². The summed E-state index contributed by atoms with van der Waals surface area (Å²) in [5, 5.41) is 7.63. The van der Waals surface area contributed by atoms with Crippen molar-refractivity contribution in [3.8, 4) is 0 Å². The molecule has 101 valence electrons. The zero-order chi connectivity index (χ0) is 12.5. The van der Waals surface area contributed by atoms with Crippen molar-refractivity contribution >= 4 is 23.5 Å². The number of hydrogen-bond acceptors (Lipinski definition) is 3. The van der Waals surface area contributed by atoms with Crippen LogP contribution in [0.3, 0.4) is 0 Å². The van der Waals surface area contributed by atoms with E-state index in [1.165, 1.54) is 0 Å². The fraction of sp³-hybridized carbons (Fsp3) is 0.417. The van der Waals surface area contributed by atoms with Gasteiger partial charge in [-0.2, -0.15) is 5.10 Å².